The summed E-state index contributed by atoms with van der Waals surface area (Å²) in [6.45, 7) is 2.29. The van der Waals surface area contributed by atoms with E-state index < -0.39 is 0 Å². The number of aromatic nitrogens is 1. The van der Waals surface area contributed by atoms with E-state index >= 15 is 0 Å². The predicted molar refractivity (Wildman–Crippen MR) is 80.2 cm³/mol. The van der Waals surface area contributed by atoms with Crippen molar-refractivity contribution < 1.29 is 4.52 Å². The number of piperidine rings is 1. The van der Waals surface area contributed by atoms with Crippen molar-refractivity contribution in [3.05, 3.63) is 17.5 Å². The number of hydrogen-bond acceptors (Lipinski definition) is 3. The van der Waals surface area contributed by atoms with Crippen molar-refractivity contribution in [1.82, 2.24) is 9.83 Å². The van der Waals surface area contributed by atoms with E-state index in [2.05, 4.69) is 25.3 Å². The molecule has 2 fully saturated rings. The first-order chi connectivity index (χ1) is 9.33. The number of nitrogens with zero attached hydrogens (tertiary/aromatic N) is 2. The van der Waals surface area contributed by atoms with Gasteiger partial charge in [0, 0.05) is 31.0 Å². The Balaban J connectivity index is 1.68. The molecule has 19 heavy (non-hydrogen) atoms. The highest BCUT2D eigenvalue weighted by molar-refractivity contribution is 7.13. The van der Waals surface area contributed by atoms with Crippen molar-refractivity contribution in [3.63, 3.8) is 0 Å². The summed E-state index contributed by atoms with van der Waals surface area (Å²) >= 11 is 0. The van der Waals surface area contributed by atoms with Crippen LogP contribution in [-0.4, -0.2) is 22.9 Å². The lowest BCUT2D eigenvalue weighted by Gasteiger charge is -2.27. The molecule has 0 radical (unpaired) electrons. The van der Waals surface area contributed by atoms with Gasteiger partial charge in [-0.3, -0.25) is 4.67 Å². The molecule has 4 heteroatoms. The van der Waals surface area contributed by atoms with Gasteiger partial charge in [-0.1, -0.05) is 40.2 Å². The lowest BCUT2D eigenvalue weighted by Crippen LogP contribution is -2.26. The molecule has 2 aliphatic rings. The van der Waals surface area contributed by atoms with Gasteiger partial charge in [-0.25, -0.2) is 0 Å². The van der Waals surface area contributed by atoms with Crippen molar-refractivity contribution in [1.29, 1.82) is 0 Å². The third-order valence-corrected chi connectivity index (χ3v) is 5.14. The maximum atomic E-state index is 5.67. The van der Waals surface area contributed by atoms with Gasteiger partial charge in [-0.05, 0) is 25.7 Å². The molecule has 1 aromatic heterocycles. The topological polar surface area (TPSA) is 29.3 Å². The molecular weight excluding hydrogens is 255 g/mol. The molecule has 2 atom stereocenters. The quantitative estimate of drug-likeness (QED) is 0.604. The molecule has 1 aromatic rings. The largest absolute Gasteiger partial charge is 0.361 e. The molecule has 2 unspecified atom stereocenters. The van der Waals surface area contributed by atoms with Crippen LogP contribution in [0, 0.1) is 0 Å². The first-order valence-corrected chi connectivity index (χ1v) is 8.31. The summed E-state index contributed by atoms with van der Waals surface area (Å²) in [5.41, 5.74) is 1.19. The van der Waals surface area contributed by atoms with Gasteiger partial charge in [0.05, 0.1) is 5.69 Å². The van der Waals surface area contributed by atoms with Gasteiger partial charge < -0.3 is 4.52 Å². The summed E-state index contributed by atoms with van der Waals surface area (Å²) in [5, 5.41) is 4.37. The zero-order valence-corrected chi connectivity index (χ0v) is 12.8. The van der Waals surface area contributed by atoms with Crippen molar-refractivity contribution in [3.8, 4) is 0 Å². The van der Waals surface area contributed by atoms with Crippen LogP contribution in [0.1, 0.15) is 74.7 Å². The first kappa shape index (κ1) is 13.6. The summed E-state index contributed by atoms with van der Waals surface area (Å²) in [7, 11) is 2.82. The Hall–Kier alpha value is -0.400. The summed E-state index contributed by atoms with van der Waals surface area (Å²) in [6.07, 6.45) is 10.6. The average Bonchev–Trinajstić information content (AvgIpc) is 2.75. The van der Waals surface area contributed by atoms with E-state index in [4.69, 9.17) is 4.52 Å². The number of rotatable bonds is 2. The van der Waals surface area contributed by atoms with Crippen LogP contribution in [0.4, 0.5) is 0 Å². The third-order valence-electron chi connectivity index (χ3n) is 4.68. The van der Waals surface area contributed by atoms with E-state index in [0.29, 0.717) is 11.8 Å². The van der Waals surface area contributed by atoms with Gasteiger partial charge in [0.25, 0.3) is 0 Å². The fraction of sp³-hybridized carbons (Fsp3) is 0.800. The molecule has 2 heterocycles. The van der Waals surface area contributed by atoms with Crippen LogP contribution in [0.3, 0.4) is 0 Å². The highest BCUT2D eigenvalue weighted by atomic mass is 31.0. The maximum Gasteiger partial charge on any atom is 0.140 e. The van der Waals surface area contributed by atoms with Crippen LogP contribution in [0.25, 0.3) is 0 Å². The second-order valence-electron chi connectivity index (χ2n) is 6.18. The lowest BCUT2D eigenvalue weighted by atomic mass is 9.93. The lowest BCUT2D eigenvalue weighted by molar-refractivity contribution is 0.312. The van der Waals surface area contributed by atoms with Gasteiger partial charge in [0.15, 0.2) is 0 Å². The minimum Gasteiger partial charge on any atom is -0.361 e. The fourth-order valence-electron chi connectivity index (χ4n) is 3.50. The molecule has 0 amide bonds. The minimum absolute atomic E-state index is 0.564. The smallest absolute Gasteiger partial charge is 0.140 e. The van der Waals surface area contributed by atoms with Gasteiger partial charge in [0.1, 0.15) is 5.76 Å². The molecule has 0 aromatic carbocycles. The van der Waals surface area contributed by atoms with Crippen molar-refractivity contribution >= 4 is 9.39 Å². The van der Waals surface area contributed by atoms with Crippen LogP contribution in [0.2, 0.25) is 0 Å². The molecule has 1 saturated heterocycles. The number of hydrogen-bond donors (Lipinski definition) is 0. The Labute approximate surface area is 118 Å². The van der Waals surface area contributed by atoms with E-state index in [1.54, 1.807) is 0 Å². The van der Waals surface area contributed by atoms with E-state index in [1.165, 1.54) is 63.6 Å². The maximum absolute atomic E-state index is 5.67. The van der Waals surface area contributed by atoms with Gasteiger partial charge in [0.2, 0.25) is 0 Å². The average molecular weight is 280 g/mol. The van der Waals surface area contributed by atoms with Gasteiger partial charge >= 0.3 is 0 Å². The molecular formula is C15H25N2OP. The molecule has 0 N–H and O–H groups in total. The SMILES string of the molecule is PN1CCCC(c2cc(C3CCCCCC3)on2)C1. The molecule has 3 nitrogen and oxygen atoms in total. The molecule has 1 aliphatic carbocycles. The Morgan fingerprint density at radius 1 is 1.05 bits per heavy atom. The predicted octanol–water partition coefficient (Wildman–Crippen LogP) is 4.08. The van der Waals surface area contributed by atoms with Gasteiger partial charge in [-0.2, -0.15) is 0 Å². The summed E-state index contributed by atoms with van der Waals surface area (Å²) < 4.78 is 8.00. The van der Waals surface area contributed by atoms with Crippen molar-refractivity contribution in [2.45, 2.75) is 63.2 Å². The second kappa shape index (κ2) is 6.37. The zero-order valence-electron chi connectivity index (χ0n) is 11.7. The summed E-state index contributed by atoms with van der Waals surface area (Å²) in [5.74, 6) is 2.34. The molecule has 0 spiro atoms. The standard InChI is InChI=1S/C15H25N2OP/c19-17-9-5-8-13(11-17)14-10-15(18-16-14)12-6-3-1-2-4-7-12/h10,12-13H,1-9,11,19H2. The van der Waals surface area contributed by atoms with Crippen LogP contribution in [-0.2, 0) is 0 Å². The van der Waals surface area contributed by atoms with E-state index in [-0.39, 0.29) is 0 Å². The van der Waals surface area contributed by atoms with Crippen LogP contribution in [0.5, 0.6) is 0 Å². The fourth-order valence-corrected chi connectivity index (χ4v) is 3.94. The van der Waals surface area contributed by atoms with E-state index in [0.717, 1.165) is 12.3 Å². The van der Waals surface area contributed by atoms with Crippen LogP contribution in [0.15, 0.2) is 10.6 Å². The Kier molecular flexibility index (Phi) is 4.55. The first-order valence-electron chi connectivity index (χ1n) is 7.79. The zero-order chi connectivity index (χ0) is 13.1. The Bertz CT molecular complexity index is 382. The Morgan fingerprint density at radius 3 is 2.53 bits per heavy atom. The molecule has 0 bridgehead atoms. The normalized spacial score (nSPS) is 27.3. The van der Waals surface area contributed by atoms with E-state index in [9.17, 15) is 0 Å². The molecule has 1 saturated carbocycles. The van der Waals surface area contributed by atoms with E-state index in [1.807, 2.05) is 0 Å². The molecule has 1 aliphatic heterocycles. The van der Waals surface area contributed by atoms with Crippen molar-refractivity contribution in [2.75, 3.05) is 13.1 Å². The second-order valence-corrected chi connectivity index (χ2v) is 6.91. The highest BCUT2D eigenvalue weighted by Crippen LogP contribution is 2.34. The monoisotopic (exact) mass is 280 g/mol. The third kappa shape index (κ3) is 3.38. The summed E-state index contributed by atoms with van der Waals surface area (Å²) in [4.78, 5) is 0. The van der Waals surface area contributed by atoms with Crippen molar-refractivity contribution in [2.24, 2.45) is 0 Å². The molecule has 106 valence electrons. The summed E-state index contributed by atoms with van der Waals surface area (Å²) in [6, 6.07) is 2.25. The highest BCUT2D eigenvalue weighted by Gasteiger charge is 2.24. The van der Waals surface area contributed by atoms with Gasteiger partial charge in [-0.15, -0.1) is 0 Å². The van der Waals surface area contributed by atoms with Crippen LogP contribution < -0.4 is 0 Å². The van der Waals surface area contributed by atoms with Crippen LogP contribution >= 0.6 is 9.39 Å². The Morgan fingerprint density at radius 2 is 1.79 bits per heavy atom. The molecule has 3 rings (SSSR count). The minimum atomic E-state index is 0.564.